The van der Waals surface area contributed by atoms with Crippen molar-refractivity contribution in [3.05, 3.63) is 29.8 Å². The molecule has 0 heterocycles. The number of nitrogens with zero attached hydrogens (tertiary/aromatic N) is 1. The molecule has 0 saturated carbocycles. The molecule has 1 aromatic carbocycles. The Balaban J connectivity index is 0.00000676. The Kier molecular flexibility index (Phi) is 16.5. The van der Waals surface area contributed by atoms with Gasteiger partial charge in [-0.3, -0.25) is 4.99 Å². The van der Waals surface area contributed by atoms with Crippen LogP contribution in [0.15, 0.2) is 29.3 Å². The van der Waals surface area contributed by atoms with E-state index in [0.717, 1.165) is 70.1 Å². The van der Waals surface area contributed by atoms with Gasteiger partial charge in [0.2, 0.25) is 0 Å². The lowest BCUT2D eigenvalue weighted by molar-refractivity contribution is 0.253. The van der Waals surface area contributed by atoms with Crippen LogP contribution in [0.1, 0.15) is 52.0 Å². The molecule has 0 aliphatic heterocycles. The number of guanidine groups is 1. The van der Waals surface area contributed by atoms with Crippen LogP contribution in [-0.4, -0.2) is 43.9 Å². The highest BCUT2D eigenvalue weighted by atomic mass is 127. The lowest BCUT2D eigenvalue weighted by Gasteiger charge is -2.15. The molecule has 1 atom stereocenters. The van der Waals surface area contributed by atoms with Gasteiger partial charge in [0, 0.05) is 26.2 Å². The molecule has 3 N–H and O–H groups in total. The van der Waals surface area contributed by atoms with Gasteiger partial charge < -0.3 is 20.5 Å². The van der Waals surface area contributed by atoms with E-state index in [4.69, 9.17) is 9.73 Å². The lowest BCUT2D eigenvalue weighted by Crippen LogP contribution is -2.38. The molecule has 0 bridgehead atoms. The second kappa shape index (κ2) is 17.1. The van der Waals surface area contributed by atoms with E-state index in [0.29, 0.717) is 5.92 Å². The number of halogens is 1. The third-order valence-corrected chi connectivity index (χ3v) is 4.16. The first-order chi connectivity index (χ1) is 12.7. The van der Waals surface area contributed by atoms with Gasteiger partial charge in [0.1, 0.15) is 5.75 Å². The fourth-order valence-corrected chi connectivity index (χ4v) is 2.82. The summed E-state index contributed by atoms with van der Waals surface area (Å²) in [6.07, 6.45) is 4.99. The summed E-state index contributed by atoms with van der Waals surface area (Å²) >= 11 is 0. The number of ether oxygens (including phenoxy) is 1. The smallest absolute Gasteiger partial charge is 0.191 e. The first-order valence-electron chi connectivity index (χ1n) is 10.1. The molecule has 0 radical (unpaired) electrons. The van der Waals surface area contributed by atoms with Crippen LogP contribution in [0.3, 0.4) is 0 Å². The van der Waals surface area contributed by atoms with E-state index in [-0.39, 0.29) is 30.6 Å². The topological polar surface area (TPSA) is 65.9 Å². The maximum Gasteiger partial charge on any atom is 0.191 e. The fraction of sp³-hybridized carbons (Fsp3) is 0.667. The Bertz CT molecular complexity index is 506. The maximum absolute atomic E-state index is 9.19. The largest absolute Gasteiger partial charge is 0.494 e. The predicted molar refractivity (Wildman–Crippen MR) is 125 cm³/mol. The summed E-state index contributed by atoms with van der Waals surface area (Å²) in [4.78, 5) is 4.70. The third-order valence-electron chi connectivity index (χ3n) is 4.16. The van der Waals surface area contributed by atoms with Gasteiger partial charge in [-0.25, -0.2) is 0 Å². The number of hydrogen-bond donors (Lipinski definition) is 3. The second-order valence-electron chi connectivity index (χ2n) is 6.56. The molecular formula is C21H38IN3O2. The quantitative estimate of drug-likeness (QED) is 0.222. The van der Waals surface area contributed by atoms with Crippen molar-refractivity contribution in [3.63, 3.8) is 0 Å². The van der Waals surface area contributed by atoms with Crippen molar-refractivity contribution >= 4 is 29.9 Å². The van der Waals surface area contributed by atoms with E-state index in [2.05, 4.69) is 43.5 Å². The van der Waals surface area contributed by atoms with E-state index in [1.54, 1.807) is 0 Å². The summed E-state index contributed by atoms with van der Waals surface area (Å²) in [7, 11) is 0. The maximum atomic E-state index is 9.19. The zero-order valence-electron chi connectivity index (χ0n) is 17.2. The monoisotopic (exact) mass is 491 g/mol. The fourth-order valence-electron chi connectivity index (χ4n) is 2.82. The number of benzene rings is 1. The zero-order chi connectivity index (χ0) is 19.0. The Labute approximate surface area is 182 Å². The first-order valence-corrected chi connectivity index (χ1v) is 10.1. The first kappa shape index (κ1) is 26.0. The SMILES string of the molecule is CCCOc1cccc(CCNC(=NCC(CCC)CCO)NCC)c1.I. The molecule has 27 heavy (non-hydrogen) atoms. The van der Waals surface area contributed by atoms with Gasteiger partial charge in [-0.15, -0.1) is 24.0 Å². The Morgan fingerprint density at radius 3 is 2.63 bits per heavy atom. The molecule has 0 saturated heterocycles. The van der Waals surface area contributed by atoms with Crippen molar-refractivity contribution in [2.45, 2.75) is 52.9 Å². The Morgan fingerprint density at radius 1 is 1.15 bits per heavy atom. The van der Waals surface area contributed by atoms with Gasteiger partial charge in [0.25, 0.3) is 0 Å². The van der Waals surface area contributed by atoms with Crippen molar-refractivity contribution in [1.82, 2.24) is 10.6 Å². The highest BCUT2D eigenvalue weighted by Crippen LogP contribution is 2.14. The van der Waals surface area contributed by atoms with E-state index in [1.807, 2.05) is 12.1 Å². The lowest BCUT2D eigenvalue weighted by atomic mass is 10.0. The van der Waals surface area contributed by atoms with Gasteiger partial charge in [-0.1, -0.05) is 32.4 Å². The van der Waals surface area contributed by atoms with Gasteiger partial charge in [0.05, 0.1) is 6.61 Å². The molecule has 5 nitrogen and oxygen atoms in total. The number of nitrogens with one attached hydrogen (secondary N) is 2. The number of hydrogen-bond acceptors (Lipinski definition) is 3. The Hall–Kier alpha value is -1.02. The van der Waals surface area contributed by atoms with Crippen LogP contribution in [0, 0.1) is 5.92 Å². The molecule has 0 amide bonds. The van der Waals surface area contributed by atoms with Crippen LogP contribution in [0.2, 0.25) is 0 Å². The standard InChI is InChI=1S/C21H37N3O2.HI/c1-4-8-19(12-14-25)17-24-21(22-6-3)23-13-11-18-9-7-10-20(16-18)26-15-5-2;/h7,9-10,16,19,25H,4-6,8,11-15,17H2,1-3H3,(H2,22,23,24);1H. The number of aliphatic hydroxyl groups is 1. The van der Waals surface area contributed by atoms with Gasteiger partial charge in [-0.2, -0.15) is 0 Å². The number of aliphatic hydroxyl groups excluding tert-OH is 1. The number of rotatable bonds is 13. The normalized spacial score (nSPS) is 12.2. The molecule has 1 aromatic rings. The molecule has 0 aromatic heterocycles. The average molecular weight is 491 g/mol. The second-order valence-corrected chi connectivity index (χ2v) is 6.56. The van der Waals surface area contributed by atoms with Crippen molar-refractivity contribution in [2.75, 3.05) is 32.8 Å². The van der Waals surface area contributed by atoms with Crippen molar-refractivity contribution in [1.29, 1.82) is 0 Å². The van der Waals surface area contributed by atoms with Crippen molar-refractivity contribution in [3.8, 4) is 5.75 Å². The molecule has 1 unspecified atom stereocenters. The molecule has 1 rings (SSSR count). The highest BCUT2D eigenvalue weighted by molar-refractivity contribution is 14.0. The molecule has 6 heteroatoms. The van der Waals surface area contributed by atoms with Crippen LogP contribution in [0.4, 0.5) is 0 Å². The molecule has 0 aliphatic carbocycles. The summed E-state index contributed by atoms with van der Waals surface area (Å²) in [5, 5.41) is 15.9. The van der Waals surface area contributed by atoms with E-state index < -0.39 is 0 Å². The zero-order valence-corrected chi connectivity index (χ0v) is 19.5. The molecule has 0 aliphatic rings. The number of aliphatic imine (C=N–C) groups is 1. The summed E-state index contributed by atoms with van der Waals surface area (Å²) in [6.45, 7) is 9.77. The molecule has 0 fully saturated rings. The third kappa shape index (κ3) is 12.1. The summed E-state index contributed by atoms with van der Waals surface area (Å²) in [6, 6.07) is 8.29. The van der Waals surface area contributed by atoms with E-state index in [1.165, 1.54) is 5.56 Å². The van der Waals surface area contributed by atoms with Crippen molar-refractivity contribution in [2.24, 2.45) is 10.9 Å². The van der Waals surface area contributed by atoms with Crippen LogP contribution in [0.25, 0.3) is 0 Å². The highest BCUT2D eigenvalue weighted by Gasteiger charge is 2.07. The average Bonchev–Trinajstić information content (AvgIpc) is 2.65. The van der Waals surface area contributed by atoms with Crippen LogP contribution >= 0.6 is 24.0 Å². The summed E-state index contributed by atoms with van der Waals surface area (Å²) in [5.74, 6) is 2.24. The Morgan fingerprint density at radius 2 is 1.96 bits per heavy atom. The van der Waals surface area contributed by atoms with E-state index >= 15 is 0 Å². The van der Waals surface area contributed by atoms with Crippen molar-refractivity contribution < 1.29 is 9.84 Å². The van der Waals surface area contributed by atoms with Crippen LogP contribution < -0.4 is 15.4 Å². The van der Waals surface area contributed by atoms with Crippen LogP contribution in [0.5, 0.6) is 5.75 Å². The predicted octanol–water partition coefficient (Wildman–Crippen LogP) is 3.99. The molecule has 0 spiro atoms. The minimum absolute atomic E-state index is 0. The minimum atomic E-state index is 0. The minimum Gasteiger partial charge on any atom is -0.494 e. The van der Waals surface area contributed by atoms with Crippen LogP contribution in [-0.2, 0) is 6.42 Å². The molecule has 156 valence electrons. The van der Waals surface area contributed by atoms with Gasteiger partial charge in [-0.05, 0) is 56.2 Å². The molecular weight excluding hydrogens is 453 g/mol. The van der Waals surface area contributed by atoms with Gasteiger partial charge >= 0.3 is 0 Å². The van der Waals surface area contributed by atoms with Gasteiger partial charge in [0.15, 0.2) is 5.96 Å². The summed E-state index contributed by atoms with van der Waals surface area (Å²) in [5.41, 5.74) is 1.26. The summed E-state index contributed by atoms with van der Waals surface area (Å²) < 4.78 is 5.70. The van der Waals surface area contributed by atoms with E-state index in [9.17, 15) is 5.11 Å².